The highest BCUT2D eigenvalue weighted by Crippen LogP contribution is 2.36. The van der Waals surface area contributed by atoms with E-state index in [4.69, 9.17) is 17.3 Å². The van der Waals surface area contributed by atoms with Crippen molar-refractivity contribution < 1.29 is 4.39 Å². The summed E-state index contributed by atoms with van der Waals surface area (Å²) in [6.45, 7) is 10.2. The first-order chi connectivity index (χ1) is 21.6. The first-order valence-corrected chi connectivity index (χ1v) is 16.8. The summed E-state index contributed by atoms with van der Waals surface area (Å²) in [6, 6.07) is 14.4. The number of H-pyrrole nitrogens is 1. The zero-order chi connectivity index (χ0) is 32.1. The molecule has 3 N–H and O–H groups in total. The molecule has 5 rings (SSSR count). The van der Waals surface area contributed by atoms with Crippen LogP contribution in [0.4, 0.5) is 4.39 Å². The van der Waals surface area contributed by atoms with E-state index in [0.29, 0.717) is 46.1 Å². The Bertz CT molecular complexity index is 1690. The van der Waals surface area contributed by atoms with Gasteiger partial charge in [0.05, 0.1) is 22.2 Å². The number of fused-ring (bicyclic) bond motifs is 1. The molecule has 0 unspecified atom stereocenters. The molecule has 2 atom stereocenters. The number of likely N-dealkylation sites (tertiary alicyclic amines) is 1. The van der Waals surface area contributed by atoms with E-state index in [9.17, 15) is 4.79 Å². The van der Waals surface area contributed by atoms with Crippen LogP contribution < -0.4 is 11.4 Å². The predicted octanol–water partition coefficient (Wildman–Crippen LogP) is 8.22. The molecule has 1 saturated heterocycles. The Hall–Kier alpha value is -3.49. The second-order valence-electron chi connectivity index (χ2n) is 12.8. The van der Waals surface area contributed by atoms with Crippen LogP contribution in [0.15, 0.2) is 58.4 Å². The Balaban J connectivity index is 1.39. The number of amidine groups is 1. The lowest BCUT2D eigenvalue weighted by molar-refractivity contribution is 0.0784. The average Bonchev–Trinajstić information content (AvgIpc) is 3.41. The molecule has 4 aromatic rings. The first kappa shape index (κ1) is 32.9. The van der Waals surface area contributed by atoms with E-state index in [0.717, 1.165) is 62.9 Å². The Kier molecular flexibility index (Phi) is 10.8. The number of aromatic nitrogens is 3. The van der Waals surface area contributed by atoms with Gasteiger partial charge in [0.2, 0.25) is 0 Å². The van der Waals surface area contributed by atoms with Gasteiger partial charge in [0.1, 0.15) is 5.65 Å². The van der Waals surface area contributed by atoms with E-state index in [1.807, 2.05) is 31.2 Å². The van der Waals surface area contributed by atoms with Gasteiger partial charge in [-0.25, -0.2) is 9.18 Å². The number of hydrogen-bond acceptors (Lipinski definition) is 4. The molecule has 1 aliphatic heterocycles. The summed E-state index contributed by atoms with van der Waals surface area (Å²) in [7, 11) is 0. The molecule has 240 valence electrons. The van der Waals surface area contributed by atoms with Crippen LogP contribution in [0.3, 0.4) is 0 Å². The number of nitrogens with zero attached hydrogens (tertiary/aromatic N) is 4. The number of aryl methyl sites for hydroxylation is 1. The van der Waals surface area contributed by atoms with E-state index >= 15 is 4.39 Å². The van der Waals surface area contributed by atoms with Gasteiger partial charge in [0, 0.05) is 35.8 Å². The maximum Gasteiger partial charge on any atom is 0.354 e. The third-order valence-corrected chi connectivity index (χ3v) is 9.15. The molecule has 2 aromatic heterocycles. The van der Waals surface area contributed by atoms with Crippen LogP contribution in [-0.2, 0) is 6.42 Å². The second-order valence-corrected chi connectivity index (χ2v) is 13.3. The van der Waals surface area contributed by atoms with Gasteiger partial charge in [-0.15, -0.1) is 0 Å². The molecule has 1 fully saturated rings. The fourth-order valence-electron chi connectivity index (χ4n) is 6.67. The van der Waals surface area contributed by atoms with Crippen LogP contribution in [0.5, 0.6) is 0 Å². The number of hydrogen-bond donors (Lipinski definition) is 2. The number of aliphatic imine (C=N–C) groups is 1. The van der Waals surface area contributed by atoms with Crippen molar-refractivity contribution >= 4 is 28.5 Å². The van der Waals surface area contributed by atoms with Gasteiger partial charge in [0.15, 0.2) is 5.82 Å². The number of aromatic amines is 1. The SMILES string of the molecule is CCCN1[C@H](CCN=C(C)N)CCC[C@H]1c1ccc(-n2cc3cc(-c4cc(CCCC(C)C)cc(Cl)c4F)[nH]c3nc2=O)cc1. The Labute approximate surface area is 270 Å². The monoisotopic (exact) mass is 632 g/mol. The minimum absolute atomic E-state index is 0.0966. The third kappa shape index (κ3) is 7.85. The highest BCUT2D eigenvalue weighted by molar-refractivity contribution is 6.31. The second kappa shape index (κ2) is 14.7. The maximum absolute atomic E-state index is 15.2. The molecule has 9 heteroatoms. The zero-order valence-electron chi connectivity index (χ0n) is 27.0. The van der Waals surface area contributed by atoms with Crippen LogP contribution in [0.2, 0.25) is 5.02 Å². The van der Waals surface area contributed by atoms with Crippen LogP contribution in [0.25, 0.3) is 28.0 Å². The fraction of sp³-hybridized carbons (Fsp3) is 0.472. The molecule has 45 heavy (non-hydrogen) atoms. The number of nitrogens with two attached hydrogens (primary N) is 1. The van der Waals surface area contributed by atoms with E-state index in [1.54, 1.807) is 16.8 Å². The van der Waals surface area contributed by atoms with E-state index < -0.39 is 11.5 Å². The summed E-state index contributed by atoms with van der Waals surface area (Å²) in [6.07, 6.45) is 10.2. The topological polar surface area (TPSA) is 92.3 Å². The van der Waals surface area contributed by atoms with Gasteiger partial charge in [-0.1, -0.05) is 50.9 Å². The van der Waals surface area contributed by atoms with Crippen LogP contribution in [0, 0.1) is 11.7 Å². The lowest BCUT2D eigenvalue weighted by Crippen LogP contribution is -2.42. The van der Waals surface area contributed by atoms with E-state index in [-0.39, 0.29) is 5.02 Å². The van der Waals surface area contributed by atoms with Gasteiger partial charge < -0.3 is 10.7 Å². The van der Waals surface area contributed by atoms with E-state index in [2.05, 4.69) is 52.8 Å². The first-order valence-electron chi connectivity index (χ1n) is 16.4. The van der Waals surface area contributed by atoms with Crippen molar-refractivity contribution in [1.29, 1.82) is 0 Å². The normalized spacial score (nSPS) is 17.9. The van der Waals surface area contributed by atoms with Crippen LogP contribution in [0.1, 0.15) is 89.8 Å². The smallest absolute Gasteiger partial charge is 0.354 e. The van der Waals surface area contributed by atoms with Crippen molar-refractivity contribution in [2.24, 2.45) is 16.6 Å². The summed E-state index contributed by atoms with van der Waals surface area (Å²) < 4.78 is 16.8. The molecule has 0 spiro atoms. The van der Waals surface area contributed by atoms with Gasteiger partial charge in [0.25, 0.3) is 0 Å². The molecule has 0 amide bonds. The van der Waals surface area contributed by atoms with E-state index in [1.165, 1.54) is 18.4 Å². The van der Waals surface area contributed by atoms with Crippen molar-refractivity contribution in [3.05, 3.63) is 81.1 Å². The lowest BCUT2D eigenvalue weighted by atomic mass is 9.89. The summed E-state index contributed by atoms with van der Waals surface area (Å²) in [5.41, 5.74) is 9.71. The molecular weight excluding hydrogens is 587 g/mol. The number of benzene rings is 2. The van der Waals surface area contributed by atoms with Crippen molar-refractivity contribution in [3.63, 3.8) is 0 Å². The molecule has 0 aliphatic carbocycles. The van der Waals surface area contributed by atoms with Crippen molar-refractivity contribution in [1.82, 2.24) is 19.4 Å². The minimum Gasteiger partial charge on any atom is -0.388 e. The number of rotatable bonds is 12. The van der Waals surface area contributed by atoms with Crippen molar-refractivity contribution in [3.8, 4) is 16.9 Å². The standard InChI is InChI=1S/C36H46ClFN6O/c1-5-18-43-28(16-17-40-24(4)39)10-7-11-33(43)26-12-14-29(15-13-26)44-22-27-21-32(41-35(27)42-36(44)45)30-19-25(9-6-8-23(2)3)20-31(37)34(30)38/h12-15,19-23,28,33H,5-11,16-18H2,1-4H3,(H2,39,40)(H,41,42,45)/t28-,33-/m0/s1. The molecule has 0 saturated carbocycles. The number of nitrogens with one attached hydrogen (secondary N) is 1. The molecule has 3 heterocycles. The highest BCUT2D eigenvalue weighted by atomic mass is 35.5. The lowest BCUT2D eigenvalue weighted by Gasteiger charge is -2.42. The van der Waals surface area contributed by atoms with Crippen LogP contribution in [-0.4, -0.2) is 44.4 Å². The molecule has 0 bridgehead atoms. The van der Waals surface area contributed by atoms with Crippen LogP contribution >= 0.6 is 11.6 Å². The summed E-state index contributed by atoms with van der Waals surface area (Å²) in [5, 5.41) is 0.813. The van der Waals surface area contributed by atoms with Gasteiger partial charge in [-0.3, -0.25) is 14.5 Å². The zero-order valence-corrected chi connectivity index (χ0v) is 27.7. The number of piperidine rings is 1. The average molecular weight is 633 g/mol. The Morgan fingerprint density at radius 2 is 1.98 bits per heavy atom. The predicted molar refractivity (Wildman–Crippen MR) is 184 cm³/mol. The molecule has 7 nitrogen and oxygen atoms in total. The summed E-state index contributed by atoms with van der Waals surface area (Å²) in [5.74, 6) is 0.763. The Morgan fingerprint density at radius 1 is 1.20 bits per heavy atom. The summed E-state index contributed by atoms with van der Waals surface area (Å²) >= 11 is 6.31. The number of halogens is 2. The van der Waals surface area contributed by atoms with Gasteiger partial charge in [-0.2, -0.15) is 4.98 Å². The maximum atomic E-state index is 15.2. The van der Waals surface area contributed by atoms with Gasteiger partial charge >= 0.3 is 5.69 Å². The van der Waals surface area contributed by atoms with Gasteiger partial charge in [-0.05, 0) is 106 Å². The molecule has 1 aliphatic rings. The minimum atomic E-state index is -0.481. The quantitative estimate of drug-likeness (QED) is 0.122. The third-order valence-electron chi connectivity index (χ3n) is 8.88. The fourth-order valence-corrected chi connectivity index (χ4v) is 6.91. The highest BCUT2D eigenvalue weighted by Gasteiger charge is 2.30. The molecular formula is C36H46ClFN6O. The Morgan fingerprint density at radius 3 is 2.69 bits per heavy atom. The summed E-state index contributed by atoms with van der Waals surface area (Å²) in [4.78, 5) is 27.7. The molecule has 0 radical (unpaired) electrons. The van der Waals surface area contributed by atoms with Crippen molar-refractivity contribution in [2.45, 2.75) is 91.1 Å². The molecule has 2 aromatic carbocycles. The largest absolute Gasteiger partial charge is 0.388 e. The van der Waals surface area contributed by atoms with Crippen molar-refractivity contribution in [2.75, 3.05) is 13.1 Å².